The Morgan fingerprint density at radius 3 is 2.84 bits per heavy atom. The third kappa shape index (κ3) is 5.78. The van der Waals surface area contributed by atoms with Crippen LogP contribution in [0.4, 0.5) is 5.69 Å². The Morgan fingerprint density at radius 1 is 1.32 bits per heavy atom. The maximum absolute atomic E-state index is 12.2. The highest BCUT2D eigenvalue weighted by atomic mass is 35.5. The van der Waals surface area contributed by atoms with Crippen molar-refractivity contribution in [2.45, 2.75) is 51.4 Å². The predicted octanol–water partition coefficient (Wildman–Crippen LogP) is 4.13. The van der Waals surface area contributed by atoms with E-state index >= 15 is 0 Å². The number of hydrogen-bond donors (Lipinski definition) is 2. The minimum absolute atomic E-state index is 0. The molecule has 3 rings (SSSR count). The normalized spacial score (nSPS) is 14.8. The zero-order valence-electron chi connectivity index (χ0n) is 14.1. The highest BCUT2D eigenvalue weighted by Gasteiger charge is 2.14. The Bertz CT molecular complexity index is 686. The Balaban J connectivity index is 0.00000225. The molecule has 0 aliphatic heterocycles. The van der Waals surface area contributed by atoms with Crippen LogP contribution in [0.1, 0.15) is 53.2 Å². The molecule has 25 heavy (non-hydrogen) atoms. The monoisotopic (exact) mass is 381 g/mol. The lowest BCUT2D eigenvalue weighted by molar-refractivity contribution is 0.0169. The summed E-state index contributed by atoms with van der Waals surface area (Å²) in [5, 5.41) is 5.37. The summed E-state index contributed by atoms with van der Waals surface area (Å²) in [4.78, 5) is 16.4. The summed E-state index contributed by atoms with van der Waals surface area (Å²) in [6, 6.07) is 7.78. The van der Waals surface area contributed by atoms with Crippen LogP contribution in [0.25, 0.3) is 0 Å². The molecule has 1 saturated carbocycles. The van der Waals surface area contributed by atoms with Crippen LogP contribution in [0.5, 0.6) is 0 Å². The highest BCUT2D eigenvalue weighted by Crippen LogP contribution is 2.22. The Labute approximate surface area is 158 Å². The smallest absolute Gasteiger partial charge is 0.275 e. The number of anilines is 1. The lowest BCUT2D eigenvalue weighted by Gasteiger charge is -2.22. The van der Waals surface area contributed by atoms with E-state index in [0.717, 1.165) is 29.1 Å². The number of thiazole rings is 1. The standard InChI is InChI=1S/C18H23N3O2S.ClH/c19-10-17-21-16(12-24-17)18(22)20-14-6-4-5-13(9-14)11-23-15-7-2-1-3-8-15;/h4-6,9,12,15H,1-3,7-8,10-11,19H2,(H,20,22);1H. The first-order valence-corrected chi connectivity index (χ1v) is 9.29. The van der Waals surface area contributed by atoms with Crippen molar-refractivity contribution in [2.75, 3.05) is 5.32 Å². The number of amides is 1. The van der Waals surface area contributed by atoms with Crippen LogP contribution in [0.3, 0.4) is 0 Å². The summed E-state index contributed by atoms with van der Waals surface area (Å²) in [6.45, 7) is 0.939. The molecular weight excluding hydrogens is 358 g/mol. The average molecular weight is 382 g/mol. The molecule has 5 nitrogen and oxygen atoms in total. The molecule has 3 N–H and O–H groups in total. The van der Waals surface area contributed by atoms with Crippen molar-refractivity contribution in [2.24, 2.45) is 5.73 Å². The van der Waals surface area contributed by atoms with E-state index < -0.39 is 0 Å². The van der Waals surface area contributed by atoms with Gasteiger partial charge in [-0.3, -0.25) is 4.79 Å². The Hall–Kier alpha value is -1.47. The van der Waals surface area contributed by atoms with E-state index in [9.17, 15) is 4.79 Å². The lowest BCUT2D eigenvalue weighted by atomic mass is 9.98. The molecular formula is C18H24ClN3O2S. The molecule has 7 heteroatoms. The fourth-order valence-corrected chi connectivity index (χ4v) is 3.54. The first kappa shape index (κ1) is 19.8. The summed E-state index contributed by atoms with van der Waals surface area (Å²) < 4.78 is 5.99. The van der Waals surface area contributed by atoms with Gasteiger partial charge in [0.1, 0.15) is 10.7 Å². The van der Waals surface area contributed by atoms with Gasteiger partial charge in [-0.1, -0.05) is 31.4 Å². The molecule has 1 amide bonds. The minimum Gasteiger partial charge on any atom is -0.374 e. The SMILES string of the molecule is Cl.NCc1nc(C(=O)Nc2cccc(COC3CCCCC3)c2)cs1. The second kappa shape index (κ2) is 9.87. The predicted molar refractivity (Wildman–Crippen MR) is 103 cm³/mol. The number of hydrogen-bond acceptors (Lipinski definition) is 5. The first-order valence-electron chi connectivity index (χ1n) is 8.41. The number of rotatable bonds is 6. The zero-order valence-corrected chi connectivity index (χ0v) is 15.7. The van der Waals surface area contributed by atoms with Gasteiger partial charge in [0.25, 0.3) is 5.91 Å². The van der Waals surface area contributed by atoms with Crippen LogP contribution in [0.15, 0.2) is 29.6 Å². The topological polar surface area (TPSA) is 77.2 Å². The average Bonchev–Trinajstić information content (AvgIpc) is 3.11. The fourth-order valence-electron chi connectivity index (χ4n) is 2.89. The molecule has 0 spiro atoms. The number of benzene rings is 1. The van der Waals surface area contributed by atoms with E-state index in [0.29, 0.717) is 24.9 Å². The summed E-state index contributed by atoms with van der Waals surface area (Å²) in [6.07, 6.45) is 6.54. The summed E-state index contributed by atoms with van der Waals surface area (Å²) >= 11 is 1.40. The molecule has 0 atom stereocenters. The Morgan fingerprint density at radius 2 is 2.12 bits per heavy atom. The number of aromatic nitrogens is 1. The number of ether oxygens (including phenoxy) is 1. The number of halogens is 1. The van der Waals surface area contributed by atoms with Crippen LogP contribution >= 0.6 is 23.7 Å². The van der Waals surface area contributed by atoms with Gasteiger partial charge in [0.05, 0.1) is 12.7 Å². The van der Waals surface area contributed by atoms with Crippen molar-refractivity contribution in [3.63, 3.8) is 0 Å². The maximum Gasteiger partial charge on any atom is 0.275 e. The van der Waals surface area contributed by atoms with Gasteiger partial charge < -0.3 is 15.8 Å². The van der Waals surface area contributed by atoms with Gasteiger partial charge in [0.2, 0.25) is 0 Å². The van der Waals surface area contributed by atoms with Gasteiger partial charge in [0.15, 0.2) is 0 Å². The van der Waals surface area contributed by atoms with E-state index in [-0.39, 0.29) is 18.3 Å². The molecule has 0 saturated heterocycles. The first-order chi connectivity index (χ1) is 11.7. The maximum atomic E-state index is 12.2. The van der Waals surface area contributed by atoms with Gasteiger partial charge in [-0.25, -0.2) is 4.98 Å². The summed E-state index contributed by atoms with van der Waals surface area (Å²) in [5.41, 5.74) is 7.76. The summed E-state index contributed by atoms with van der Waals surface area (Å²) in [7, 11) is 0. The minimum atomic E-state index is -0.212. The third-order valence-corrected chi connectivity index (χ3v) is 5.05. The third-order valence-electron chi connectivity index (χ3n) is 4.18. The molecule has 1 fully saturated rings. The van der Waals surface area contributed by atoms with Crippen LogP contribution < -0.4 is 11.1 Å². The van der Waals surface area contributed by atoms with E-state index in [1.807, 2.05) is 24.3 Å². The molecule has 1 heterocycles. The van der Waals surface area contributed by atoms with Crippen molar-refractivity contribution < 1.29 is 9.53 Å². The Kier molecular flexibility index (Phi) is 7.84. The van der Waals surface area contributed by atoms with E-state index in [1.165, 1.54) is 30.6 Å². The van der Waals surface area contributed by atoms with Crippen molar-refractivity contribution in [1.29, 1.82) is 0 Å². The van der Waals surface area contributed by atoms with E-state index in [1.54, 1.807) is 5.38 Å². The lowest BCUT2D eigenvalue weighted by Crippen LogP contribution is -2.16. The molecule has 0 radical (unpaired) electrons. The molecule has 0 unspecified atom stereocenters. The molecule has 2 aromatic rings. The number of carbonyl (C=O) groups is 1. The van der Waals surface area contributed by atoms with E-state index in [2.05, 4.69) is 10.3 Å². The van der Waals surface area contributed by atoms with Crippen molar-refractivity contribution in [3.05, 3.63) is 45.9 Å². The van der Waals surface area contributed by atoms with Gasteiger partial charge >= 0.3 is 0 Å². The van der Waals surface area contributed by atoms with Crippen molar-refractivity contribution >= 4 is 35.3 Å². The largest absolute Gasteiger partial charge is 0.374 e. The van der Waals surface area contributed by atoms with Crippen LogP contribution in [-0.2, 0) is 17.9 Å². The van der Waals surface area contributed by atoms with Crippen LogP contribution in [0, 0.1) is 0 Å². The highest BCUT2D eigenvalue weighted by molar-refractivity contribution is 7.09. The molecule has 1 aliphatic rings. The quantitative estimate of drug-likeness (QED) is 0.788. The second-order valence-electron chi connectivity index (χ2n) is 6.06. The van der Waals surface area contributed by atoms with Crippen LogP contribution in [-0.4, -0.2) is 17.0 Å². The zero-order chi connectivity index (χ0) is 16.8. The molecule has 0 bridgehead atoms. The molecule has 1 aromatic carbocycles. The number of carbonyl (C=O) groups excluding carboxylic acids is 1. The van der Waals surface area contributed by atoms with Gasteiger partial charge in [-0.15, -0.1) is 23.7 Å². The van der Waals surface area contributed by atoms with Gasteiger partial charge in [-0.2, -0.15) is 0 Å². The van der Waals surface area contributed by atoms with Crippen molar-refractivity contribution in [3.8, 4) is 0 Å². The number of nitrogens with one attached hydrogen (secondary N) is 1. The van der Waals surface area contributed by atoms with Gasteiger partial charge in [-0.05, 0) is 30.5 Å². The molecule has 136 valence electrons. The fraction of sp³-hybridized carbons (Fsp3) is 0.444. The van der Waals surface area contributed by atoms with Crippen LogP contribution in [0.2, 0.25) is 0 Å². The van der Waals surface area contributed by atoms with Crippen molar-refractivity contribution in [1.82, 2.24) is 4.98 Å². The van der Waals surface area contributed by atoms with Gasteiger partial charge in [0, 0.05) is 17.6 Å². The number of nitrogens with zero attached hydrogens (tertiary/aromatic N) is 1. The summed E-state index contributed by atoms with van der Waals surface area (Å²) in [5.74, 6) is -0.212. The molecule has 1 aliphatic carbocycles. The second-order valence-corrected chi connectivity index (χ2v) is 7.00. The number of nitrogens with two attached hydrogens (primary N) is 1. The van der Waals surface area contributed by atoms with E-state index in [4.69, 9.17) is 10.5 Å². The molecule has 1 aromatic heterocycles.